The van der Waals surface area contributed by atoms with Gasteiger partial charge in [0.1, 0.15) is 0 Å². The Hall–Kier alpha value is -1.46. The minimum absolute atomic E-state index is 0.126. The standard InChI is InChI=1S/C11H13BF3N2/c1-2-7-17-10-6-4-3-5-9(10)16-11(17)8-12(13,14)15/h3-6H,2,7-8H2,1H3/q-1. The first-order valence-electron chi connectivity index (χ1n) is 5.66. The lowest BCUT2D eigenvalue weighted by Gasteiger charge is -2.14. The highest BCUT2D eigenvalue weighted by Gasteiger charge is 2.26. The van der Waals surface area contributed by atoms with Gasteiger partial charge in [0, 0.05) is 6.54 Å². The molecular formula is C11H13BF3N2-. The molecule has 0 bridgehead atoms. The van der Waals surface area contributed by atoms with Crippen LogP contribution >= 0.6 is 0 Å². The molecule has 0 saturated carbocycles. The van der Waals surface area contributed by atoms with Crippen molar-refractivity contribution in [3.63, 3.8) is 0 Å². The molecule has 0 unspecified atom stereocenters. The normalized spacial score (nSPS) is 12.2. The van der Waals surface area contributed by atoms with E-state index in [9.17, 15) is 12.9 Å². The van der Waals surface area contributed by atoms with Crippen LogP contribution < -0.4 is 0 Å². The van der Waals surface area contributed by atoms with E-state index in [1.54, 1.807) is 16.7 Å². The van der Waals surface area contributed by atoms with Gasteiger partial charge < -0.3 is 17.5 Å². The Bertz CT molecular complexity index is 519. The third-order valence-electron chi connectivity index (χ3n) is 2.59. The number of hydrogen-bond acceptors (Lipinski definition) is 1. The summed E-state index contributed by atoms with van der Waals surface area (Å²) in [5.74, 6) is 0.126. The van der Waals surface area contributed by atoms with Crippen molar-refractivity contribution in [2.24, 2.45) is 0 Å². The lowest BCUT2D eigenvalue weighted by atomic mass is 9.86. The van der Waals surface area contributed by atoms with E-state index in [1.807, 2.05) is 19.1 Å². The van der Waals surface area contributed by atoms with Crippen LogP contribution in [0, 0.1) is 0 Å². The molecule has 0 spiro atoms. The van der Waals surface area contributed by atoms with Crippen molar-refractivity contribution in [1.82, 2.24) is 9.55 Å². The van der Waals surface area contributed by atoms with Crippen LogP contribution in [0.25, 0.3) is 11.0 Å². The fourth-order valence-electron chi connectivity index (χ4n) is 1.96. The van der Waals surface area contributed by atoms with E-state index in [1.165, 1.54) is 0 Å². The zero-order valence-electron chi connectivity index (χ0n) is 9.54. The Kier molecular flexibility index (Phi) is 3.13. The summed E-state index contributed by atoms with van der Waals surface area (Å²) in [7, 11) is 0. The molecule has 2 rings (SSSR count). The summed E-state index contributed by atoms with van der Waals surface area (Å²) in [6, 6.07) is 7.16. The number of fused-ring (bicyclic) bond motifs is 1. The summed E-state index contributed by atoms with van der Waals surface area (Å²) in [4.78, 5) is 4.08. The fraction of sp³-hybridized carbons (Fsp3) is 0.364. The average Bonchev–Trinajstić information content (AvgIpc) is 2.55. The number of aromatic nitrogens is 2. The predicted molar refractivity (Wildman–Crippen MR) is 62.8 cm³/mol. The van der Waals surface area contributed by atoms with Gasteiger partial charge in [0.25, 0.3) is 0 Å². The number of imidazole rings is 1. The van der Waals surface area contributed by atoms with Crippen molar-refractivity contribution in [2.75, 3.05) is 0 Å². The molecule has 17 heavy (non-hydrogen) atoms. The quantitative estimate of drug-likeness (QED) is 0.750. The number of halogens is 3. The highest BCUT2D eigenvalue weighted by Crippen LogP contribution is 2.21. The van der Waals surface area contributed by atoms with Crippen molar-refractivity contribution in [3.05, 3.63) is 30.1 Å². The second kappa shape index (κ2) is 4.43. The summed E-state index contributed by atoms with van der Waals surface area (Å²) in [6.45, 7) is -2.33. The molecule has 1 aromatic heterocycles. The van der Waals surface area contributed by atoms with Gasteiger partial charge in [-0.15, -0.1) is 0 Å². The van der Waals surface area contributed by atoms with E-state index in [0.29, 0.717) is 12.1 Å². The van der Waals surface area contributed by atoms with Gasteiger partial charge in [-0.3, -0.25) is 0 Å². The van der Waals surface area contributed by atoms with E-state index in [0.717, 1.165) is 11.9 Å². The van der Waals surface area contributed by atoms with E-state index in [-0.39, 0.29) is 5.82 Å². The molecule has 0 aliphatic rings. The SMILES string of the molecule is CCCn1c(C[B-](F)(F)F)nc2ccccc21. The maximum absolute atomic E-state index is 12.5. The van der Waals surface area contributed by atoms with E-state index < -0.39 is 13.3 Å². The first-order valence-corrected chi connectivity index (χ1v) is 5.66. The number of aryl methyl sites for hydroxylation is 1. The Labute approximate surface area is 97.5 Å². The Morgan fingerprint density at radius 2 is 1.94 bits per heavy atom. The molecule has 0 amide bonds. The molecule has 0 radical (unpaired) electrons. The Morgan fingerprint density at radius 1 is 1.24 bits per heavy atom. The molecule has 2 aromatic rings. The zero-order chi connectivity index (χ0) is 12.5. The topological polar surface area (TPSA) is 17.8 Å². The molecule has 0 atom stereocenters. The number of para-hydroxylation sites is 2. The fourth-order valence-corrected chi connectivity index (χ4v) is 1.96. The van der Waals surface area contributed by atoms with Crippen LogP contribution in [0.4, 0.5) is 12.9 Å². The minimum atomic E-state index is -4.84. The molecular weight excluding hydrogens is 228 g/mol. The predicted octanol–water partition coefficient (Wildman–Crippen LogP) is 3.38. The van der Waals surface area contributed by atoms with Crippen LogP contribution in [0.5, 0.6) is 0 Å². The van der Waals surface area contributed by atoms with E-state index in [4.69, 9.17) is 0 Å². The zero-order valence-corrected chi connectivity index (χ0v) is 9.54. The van der Waals surface area contributed by atoms with Gasteiger partial charge in [0.2, 0.25) is 0 Å². The molecule has 2 nitrogen and oxygen atoms in total. The molecule has 1 aromatic carbocycles. The molecule has 0 N–H and O–H groups in total. The molecule has 0 fully saturated rings. The van der Waals surface area contributed by atoms with E-state index in [2.05, 4.69) is 4.98 Å². The van der Waals surface area contributed by atoms with Crippen molar-refractivity contribution in [1.29, 1.82) is 0 Å². The van der Waals surface area contributed by atoms with Crippen LogP contribution in [0.2, 0.25) is 0 Å². The molecule has 0 aliphatic heterocycles. The van der Waals surface area contributed by atoms with Gasteiger partial charge in [-0.05, 0) is 24.9 Å². The lowest BCUT2D eigenvalue weighted by molar-refractivity contribution is 0.461. The molecule has 6 heteroatoms. The summed E-state index contributed by atoms with van der Waals surface area (Å²) < 4.78 is 39.2. The van der Waals surface area contributed by atoms with Crippen LogP contribution in [0.15, 0.2) is 24.3 Å². The Balaban J connectivity index is 2.49. The van der Waals surface area contributed by atoms with Crippen LogP contribution in [-0.2, 0) is 12.9 Å². The minimum Gasteiger partial charge on any atom is -0.449 e. The van der Waals surface area contributed by atoms with Crippen molar-refractivity contribution >= 4 is 18.0 Å². The highest BCUT2D eigenvalue weighted by atomic mass is 19.4. The maximum atomic E-state index is 12.5. The van der Waals surface area contributed by atoms with Gasteiger partial charge in [0.05, 0.1) is 16.9 Å². The number of hydrogen-bond donors (Lipinski definition) is 0. The van der Waals surface area contributed by atoms with Gasteiger partial charge in [-0.25, -0.2) is 4.98 Å². The molecule has 0 saturated heterocycles. The lowest BCUT2D eigenvalue weighted by Crippen LogP contribution is -2.22. The summed E-state index contributed by atoms with van der Waals surface area (Å²) >= 11 is 0. The smallest absolute Gasteiger partial charge is 0.449 e. The number of nitrogens with zero attached hydrogens (tertiary/aromatic N) is 2. The van der Waals surface area contributed by atoms with Gasteiger partial charge in [-0.1, -0.05) is 19.1 Å². The van der Waals surface area contributed by atoms with Crippen LogP contribution in [-0.4, -0.2) is 16.5 Å². The largest absolute Gasteiger partial charge is 0.485 e. The van der Waals surface area contributed by atoms with Crippen LogP contribution in [0.1, 0.15) is 19.2 Å². The highest BCUT2D eigenvalue weighted by molar-refractivity contribution is 6.57. The van der Waals surface area contributed by atoms with Gasteiger partial charge in [-0.2, -0.15) is 0 Å². The molecule has 1 heterocycles. The van der Waals surface area contributed by atoms with Gasteiger partial charge in [0.15, 0.2) is 0 Å². The summed E-state index contributed by atoms with van der Waals surface area (Å²) in [5.41, 5.74) is 1.42. The number of rotatable bonds is 4. The van der Waals surface area contributed by atoms with Crippen molar-refractivity contribution in [3.8, 4) is 0 Å². The van der Waals surface area contributed by atoms with E-state index >= 15 is 0 Å². The molecule has 92 valence electrons. The number of benzene rings is 1. The summed E-state index contributed by atoms with van der Waals surface area (Å²) in [6.07, 6.45) is -0.118. The third kappa shape index (κ3) is 2.62. The van der Waals surface area contributed by atoms with Gasteiger partial charge >= 0.3 is 6.98 Å². The monoisotopic (exact) mass is 241 g/mol. The molecule has 0 aliphatic carbocycles. The first-order chi connectivity index (χ1) is 8.01. The van der Waals surface area contributed by atoms with Crippen LogP contribution in [0.3, 0.4) is 0 Å². The summed E-state index contributed by atoms with van der Waals surface area (Å²) in [5, 5.41) is 0. The third-order valence-corrected chi connectivity index (χ3v) is 2.59. The van der Waals surface area contributed by atoms with Crippen molar-refractivity contribution in [2.45, 2.75) is 26.2 Å². The second-order valence-electron chi connectivity index (χ2n) is 4.08. The van der Waals surface area contributed by atoms with Crippen molar-refractivity contribution < 1.29 is 12.9 Å². The maximum Gasteiger partial charge on any atom is 0.485 e. The first kappa shape index (κ1) is 12.0. The second-order valence-corrected chi connectivity index (χ2v) is 4.08. The Morgan fingerprint density at radius 3 is 2.59 bits per heavy atom. The average molecular weight is 241 g/mol.